The van der Waals surface area contributed by atoms with Crippen molar-refractivity contribution in [3.63, 3.8) is 0 Å². The van der Waals surface area contributed by atoms with Crippen molar-refractivity contribution in [1.82, 2.24) is 20.9 Å². The zero-order valence-corrected chi connectivity index (χ0v) is 19.8. The molecule has 8 heteroatoms. The van der Waals surface area contributed by atoms with E-state index in [2.05, 4.69) is 51.8 Å². The van der Waals surface area contributed by atoms with Crippen LogP contribution in [-0.4, -0.2) is 67.7 Å². The molecule has 1 fully saturated rings. The van der Waals surface area contributed by atoms with Gasteiger partial charge in [-0.05, 0) is 52.3 Å². The van der Waals surface area contributed by atoms with Crippen molar-refractivity contribution in [1.29, 1.82) is 0 Å². The molecule has 1 aliphatic heterocycles. The first-order valence-corrected chi connectivity index (χ1v) is 10.8. The van der Waals surface area contributed by atoms with E-state index in [9.17, 15) is 4.79 Å². The van der Waals surface area contributed by atoms with Crippen LogP contribution in [0.2, 0.25) is 5.02 Å². The zero-order chi connectivity index (χ0) is 22.4. The van der Waals surface area contributed by atoms with Crippen LogP contribution in [0.1, 0.15) is 46.2 Å². The Bertz CT molecular complexity index is 728. The average molecular weight is 438 g/mol. The van der Waals surface area contributed by atoms with Crippen LogP contribution in [0.4, 0.5) is 0 Å². The van der Waals surface area contributed by atoms with Gasteiger partial charge in [-0.25, -0.2) is 0 Å². The highest BCUT2D eigenvalue weighted by Crippen LogP contribution is 2.27. The quantitative estimate of drug-likeness (QED) is 0.471. The second kappa shape index (κ2) is 10.5. The lowest BCUT2D eigenvalue weighted by Gasteiger charge is -2.42. The summed E-state index contributed by atoms with van der Waals surface area (Å²) in [6.07, 6.45) is 0. The molecule has 3 N–H and O–H groups in total. The van der Waals surface area contributed by atoms with E-state index in [0.29, 0.717) is 19.1 Å². The molecule has 7 nitrogen and oxygen atoms in total. The van der Waals surface area contributed by atoms with Gasteiger partial charge in [0.2, 0.25) is 5.91 Å². The first-order valence-electron chi connectivity index (χ1n) is 10.4. The summed E-state index contributed by atoms with van der Waals surface area (Å²) in [6, 6.07) is 8.07. The van der Waals surface area contributed by atoms with Crippen LogP contribution < -0.4 is 16.0 Å². The van der Waals surface area contributed by atoms with Gasteiger partial charge in [-0.1, -0.05) is 23.7 Å². The second-order valence-corrected chi connectivity index (χ2v) is 9.69. The summed E-state index contributed by atoms with van der Waals surface area (Å²) in [5, 5.41) is 10.1. The maximum absolute atomic E-state index is 12.1. The van der Waals surface area contributed by atoms with Gasteiger partial charge >= 0.3 is 0 Å². The molecule has 1 aliphatic rings. The van der Waals surface area contributed by atoms with Gasteiger partial charge in [-0.2, -0.15) is 0 Å². The molecule has 168 valence electrons. The van der Waals surface area contributed by atoms with Gasteiger partial charge in [0.25, 0.3) is 0 Å². The molecule has 0 aromatic heterocycles. The van der Waals surface area contributed by atoms with Gasteiger partial charge in [0, 0.05) is 37.2 Å². The summed E-state index contributed by atoms with van der Waals surface area (Å²) in [6.45, 7) is 13.2. The molecule has 1 atom stereocenters. The van der Waals surface area contributed by atoms with Gasteiger partial charge in [-0.15, -0.1) is 0 Å². The molecular weight excluding hydrogens is 402 g/mol. The standard InChI is InChI=1S/C22H36ClN5O2/c1-21(2,3)27-19(29)14-26-20(24-6)25-13-18(16-7-9-17(23)10-8-16)28-11-12-30-22(4,5)15-28/h7-10,18H,11-15H2,1-6H3,(H,27,29)(H2,24,25,26). The van der Waals surface area contributed by atoms with Crippen LogP contribution in [0, 0.1) is 0 Å². The minimum Gasteiger partial charge on any atom is -0.373 e. The van der Waals surface area contributed by atoms with E-state index in [-0.39, 0.29) is 29.6 Å². The van der Waals surface area contributed by atoms with Crippen molar-refractivity contribution in [2.24, 2.45) is 4.99 Å². The Morgan fingerprint density at radius 1 is 1.27 bits per heavy atom. The first-order chi connectivity index (χ1) is 14.0. The fourth-order valence-corrected chi connectivity index (χ4v) is 3.63. The number of morpholine rings is 1. The first kappa shape index (κ1) is 24.4. The van der Waals surface area contributed by atoms with Gasteiger partial charge in [-0.3, -0.25) is 14.7 Å². The number of carbonyl (C=O) groups excluding carboxylic acids is 1. The fraction of sp³-hybridized carbons (Fsp3) is 0.636. The van der Waals surface area contributed by atoms with Crippen LogP contribution in [0.3, 0.4) is 0 Å². The number of amides is 1. The maximum atomic E-state index is 12.1. The van der Waals surface area contributed by atoms with Crippen LogP contribution in [-0.2, 0) is 9.53 Å². The van der Waals surface area contributed by atoms with Crippen molar-refractivity contribution in [2.75, 3.05) is 39.8 Å². The topological polar surface area (TPSA) is 78.0 Å². The van der Waals surface area contributed by atoms with E-state index in [4.69, 9.17) is 16.3 Å². The number of nitrogens with zero attached hydrogens (tertiary/aromatic N) is 2. The third-order valence-electron chi connectivity index (χ3n) is 4.77. The minimum atomic E-state index is -0.265. The summed E-state index contributed by atoms with van der Waals surface area (Å²) in [7, 11) is 1.70. The number of aliphatic imine (C=N–C) groups is 1. The van der Waals surface area contributed by atoms with E-state index in [1.165, 1.54) is 5.56 Å². The number of guanidine groups is 1. The minimum absolute atomic E-state index is 0.0744. The van der Waals surface area contributed by atoms with E-state index >= 15 is 0 Å². The molecule has 1 aromatic rings. The molecule has 1 aromatic carbocycles. The van der Waals surface area contributed by atoms with Crippen molar-refractivity contribution >= 4 is 23.5 Å². The molecule has 0 aliphatic carbocycles. The highest BCUT2D eigenvalue weighted by molar-refractivity contribution is 6.30. The SMILES string of the molecule is CN=C(NCC(=O)NC(C)(C)C)NCC(c1ccc(Cl)cc1)N1CCOC(C)(C)C1. The molecule has 1 unspecified atom stereocenters. The van der Waals surface area contributed by atoms with Crippen molar-refractivity contribution in [3.05, 3.63) is 34.9 Å². The smallest absolute Gasteiger partial charge is 0.239 e. The number of carbonyl (C=O) groups is 1. The Labute approximate surface area is 185 Å². The number of nitrogens with one attached hydrogen (secondary N) is 3. The third kappa shape index (κ3) is 8.13. The van der Waals surface area contributed by atoms with Crippen molar-refractivity contribution in [3.8, 4) is 0 Å². The summed E-state index contributed by atoms with van der Waals surface area (Å²) in [4.78, 5) is 18.8. The molecule has 1 amide bonds. The van der Waals surface area contributed by atoms with Gasteiger partial charge in [0.15, 0.2) is 5.96 Å². The number of rotatable bonds is 6. The number of benzene rings is 1. The Kier molecular flexibility index (Phi) is 8.52. The monoisotopic (exact) mass is 437 g/mol. The fourth-order valence-electron chi connectivity index (χ4n) is 3.50. The van der Waals surface area contributed by atoms with Gasteiger partial charge in [0.1, 0.15) is 0 Å². The molecule has 2 rings (SSSR count). The van der Waals surface area contributed by atoms with Gasteiger partial charge in [0.05, 0.1) is 24.8 Å². The summed E-state index contributed by atoms with van der Waals surface area (Å²) in [5.74, 6) is 0.514. The van der Waals surface area contributed by atoms with Crippen molar-refractivity contribution in [2.45, 2.75) is 51.8 Å². The van der Waals surface area contributed by atoms with E-state index in [1.54, 1.807) is 7.05 Å². The highest BCUT2D eigenvalue weighted by Gasteiger charge is 2.32. The molecule has 1 saturated heterocycles. The van der Waals surface area contributed by atoms with E-state index < -0.39 is 0 Å². The molecule has 0 radical (unpaired) electrons. The normalized spacial score (nSPS) is 18.6. The van der Waals surface area contributed by atoms with Crippen molar-refractivity contribution < 1.29 is 9.53 Å². The third-order valence-corrected chi connectivity index (χ3v) is 5.02. The average Bonchev–Trinajstić information content (AvgIpc) is 2.63. The lowest BCUT2D eigenvalue weighted by Crippen LogP contribution is -2.53. The maximum Gasteiger partial charge on any atom is 0.239 e. The number of ether oxygens (including phenoxy) is 1. The highest BCUT2D eigenvalue weighted by atomic mass is 35.5. The molecule has 0 spiro atoms. The molecule has 1 heterocycles. The molecular formula is C22H36ClN5O2. The zero-order valence-electron chi connectivity index (χ0n) is 19.0. The predicted molar refractivity (Wildman–Crippen MR) is 123 cm³/mol. The van der Waals surface area contributed by atoms with Crippen LogP contribution in [0.25, 0.3) is 0 Å². The van der Waals surface area contributed by atoms with Gasteiger partial charge < -0.3 is 20.7 Å². The molecule has 0 saturated carbocycles. The van der Waals surface area contributed by atoms with E-state index in [0.717, 1.165) is 18.1 Å². The lowest BCUT2D eigenvalue weighted by atomic mass is 10.0. The lowest BCUT2D eigenvalue weighted by molar-refractivity contribution is -0.121. The Balaban J connectivity index is 2.04. The summed E-state index contributed by atoms with van der Waals surface area (Å²) in [5.41, 5.74) is 0.706. The van der Waals surface area contributed by atoms with Crippen LogP contribution >= 0.6 is 11.6 Å². The second-order valence-electron chi connectivity index (χ2n) is 9.25. The summed E-state index contributed by atoms with van der Waals surface area (Å²) < 4.78 is 5.89. The summed E-state index contributed by atoms with van der Waals surface area (Å²) >= 11 is 6.10. The number of halogens is 1. The Morgan fingerprint density at radius 3 is 2.50 bits per heavy atom. The van der Waals surface area contributed by atoms with E-state index in [1.807, 2.05) is 32.9 Å². The number of hydrogen-bond acceptors (Lipinski definition) is 4. The van der Waals surface area contributed by atoms with Crippen LogP contribution in [0.15, 0.2) is 29.3 Å². The molecule has 0 bridgehead atoms. The largest absolute Gasteiger partial charge is 0.373 e. The Hall–Kier alpha value is -1.83. The number of hydrogen-bond donors (Lipinski definition) is 3. The Morgan fingerprint density at radius 2 is 1.93 bits per heavy atom. The van der Waals surface area contributed by atoms with Crippen LogP contribution in [0.5, 0.6) is 0 Å². The predicted octanol–water partition coefficient (Wildman–Crippen LogP) is 2.57. The molecule has 30 heavy (non-hydrogen) atoms.